The largest absolute Gasteiger partial charge is 0.311 e. The van der Waals surface area contributed by atoms with Crippen LogP contribution in [0.2, 0.25) is 0 Å². The molecule has 0 aliphatic heterocycles. The number of pyridine rings is 1. The van der Waals surface area contributed by atoms with Crippen LogP contribution in [-0.4, -0.2) is 4.57 Å². The van der Waals surface area contributed by atoms with Gasteiger partial charge in [0.2, 0.25) is 0 Å². The fourth-order valence-corrected chi connectivity index (χ4v) is 7.22. The second-order valence-corrected chi connectivity index (χ2v) is 13.0. The number of anilines is 3. The molecule has 0 bridgehead atoms. The summed E-state index contributed by atoms with van der Waals surface area (Å²) < 4.78 is 2.20. The number of fused-ring (bicyclic) bond motifs is 2. The fraction of sp³-hybridized carbons (Fsp3) is 0. The Kier molecular flexibility index (Phi) is 7.99. The van der Waals surface area contributed by atoms with Crippen LogP contribution in [-0.2, 0) is 0 Å². The Labute approximate surface area is 302 Å². The molecule has 3 nitrogen and oxygen atoms in total. The highest BCUT2D eigenvalue weighted by atomic mass is 16.1. The van der Waals surface area contributed by atoms with Gasteiger partial charge in [0.15, 0.2) is 5.43 Å². The molecule has 9 rings (SSSR count). The average Bonchev–Trinajstić information content (AvgIpc) is 3.23. The molecule has 0 saturated heterocycles. The Morgan fingerprint density at radius 1 is 0.327 bits per heavy atom. The van der Waals surface area contributed by atoms with E-state index in [2.05, 4.69) is 155 Å². The molecule has 3 heteroatoms. The molecule has 52 heavy (non-hydrogen) atoms. The van der Waals surface area contributed by atoms with Gasteiger partial charge in [-0.15, -0.1) is 0 Å². The van der Waals surface area contributed by atoms with Crippen molar-refractivity contribution in [1.82, 2.24) is 4.57 Å². The Morgan fingerprint density at radius 2 is 0.692 bits per heavy atom. The summed E-state index contributed by atoms with van der Waals surface area (Å²) in [5.41, 5.74) is 13.1. The van der Waals surface area contributed by atoms with Crippen LogP contribution in [0.1, 0.15) is 0 Å². The van der Waals surface area contributed by atoms with E-state index in [1.165, 1.54) is 22.3 Å². The molecule has 0 amide bonds. The molecular weight excluding hydrogens is 633 g/mol. The molecule has 0 spiro atoms. The van der Waals surface area contributed by atoms with Crippen LogP contribution < -0.4 is 10.3 Å². The molecule has 0 aliphatic rings. The number of nitrogens with zero attached hydrogens (tertiary/aromatic N) is 2. The molecule has 1 aromatic heterocycles. The van der Waals surface area contributed by atoms with Gasteiger partial charge in [-0.05, 0) is 106 Å². The van der Waals surface area contributed by atoms with Crippen molar-refractivity contribution in [2.24, 2.45) is 0 Å². The van der Waals surface area contributed by atoms with Gasteiger partial charge in [0.05, 0.1) is 11.0 Å². The van der Waals surface area contributed by atoms with Crippen LogP contribution in [0.3, 0.4) is 0 Å². The summed E-state index contributed by atoms with van der Waals surface area (Å²) in [6.45, 7) is 0. The van der Waals surface area contributed by atoms with Crippen molar-refractivity contribution < 1.29 is 0 Å². The highest BCUT2D eigenvalue weighted by Crippen LogP contribution is 2.38. The van der Waals surface area contributed by atoms with Crippen molar-refractivity contribution >= 4 is 38.9 Å². The standard InChI is InChI=1S/C49H34N2O/c52-49-45-18-7-9-20-47(45)51(48-21-10-8-19-46(48)49)44-17-11-16-40(34-44)39-26-32-43(33-27-39)50(41-28-22-37(23-29-41)35-12-3-1-4-13-35)42-30-24-38(25-31-42)36-14-5-2-6-15-36/h1-34H. The van der Waals surface area contributed by atoms with Crippen molar-refractivity contribution in [3.8, 4) is 39.1 Å². The van der Waals surface area contributed by atoms with Gasteiger partial charge >= 0.3 is 0 Å². The van der Waals surface area contributed by atoms with Gasteiger partial charge in [0.25, 0.3) is 0 Å². The Morgan fingerprint density at radius 3 is 1.15 bits per heavy atom. The van der Waals surface area contributed by atoms with Crippen molar-refractivity contribution in [3.05, 3.63) is 216 Å². The van der Waals surface area contributed by atoms with Gasteiger partial charge in [0.1, 0.15) is 0 Å². The number of benzene rings is 8. The Hall–Kier alpha value is -6.97. The number of hydrogen-bond donors (Lipinski definition) is 0. The van der Waals surface area contributed by atoms with Crippen LogP contribution in [0.4, 0.5) is 17.1 Å². The maximum absolute atomic E-state index is 13.4. The predicted molar refractivity (Wildman–Crippen MR) is 218 cm³/mol. The van der Waals surface area contributed by atoms with Gasteiger partial charge in [0, 0.05) is 33.5 Å². The third kappa shape index (κ3) is 5.74. The van der Waals surface area contributed by atoms with Crippen molar-refractivity contribution in [1.29, 1.82) is 0 Å². The maximum Gasteiger partial charge on any atom is 0.197 e. The van der Waals surface area contributed by atoms with Gasteiger partial charge in [-0.25, -0.2) is 0 Å². The normalized spacial score (nSPS) is 11.2. The first-order valence-electron chi connectivity index (χ1n) is 17.6. The van der Waals surface area contributed by atoms with E-state index in [0.717, 1.165) is 44.9 Å². The lowest BCUT2D eigenvalue weighted by Gasteiger charge is -2.26. The number of aromatic nitrogens is 1. The van der Waals surface area contributed by atoms with Crippen LogP contribution in [0.5, 0.6) is 0 Å². The van der Waals surface area contributed by atoms with E-state index >= 15 is 0 Å². The third-order valence-corrected chi connectivity index (χ3v) is 9.81. The number of rotatable bonds is 7. The van der Waals surface area contributed by atoms with E-state index in [-0.39, 0.29) is 5.43 Å². The second kappa shape index (κ2) is 13.4. The summed E-state index contributed by atoms with van der Waals surface area (Å²) >= 11 is 0. The van der Waals surface area contributed by atoms with Crippen molar-refractivity contribution in [2.75, 3.05) is 4.90 Å². The van der Waals surface area contributed by atoms with Crippen molar-refractivity contribution in [2.45, 2.75) is 0 Å². The molecular formula is C49H34N2O. The summed E-state index contributed by atoms with van der Waals surface area (Å²) in [4.78, 5) is 15.7. The molecule has 0 atom stereocenters. The first kappa shape index (κ1) is 31.0. The maximum atomic E-state index is 13.4. The summed E-state index contributed by atoms with van der Waals surface area (Å²) in [6, 6.07) is 71.6. The average molecular weight is 667 g/mol. The van der Waals surface area contributed by atoms with Crippen LogP contribution in [0.25, 0.3) is 60.9 Å². The lowest BCUT2D eigenvalue weighted by Crippen LogP contribution is -2.10. The SMILES string of the molecule is O=c1c2ccccc2n(-c2cccc(-c3ccc(N(c4ccc(-c5ccccc5)cc4)c4ccc(-c5ccccc5)cc4)cc3)c2)c2ccccc12. The zero-order chi connectivity index (χ0) is 34.9. The molecule has 0 aliphatic carbocycles. The second-order valence-electron chi connectivity index (χ2n) is 13.0. The Balaban J connectivity index is 1.10. The minimum Gasteiger partial charge on any atom is -0.311 e. The smallest absolute Gasteiger partial charge is 0.197 e. The topological polar surface area (TPSA) is 25.2 Å². The van der Waals surface area contributed by atoms with E-state index < -0.39 is 0 Å². The molecule has 1 heterocycles. The monoisotopic (exact) mass is 666 g/mol. The zero-order valence-electron chi connectivity index (χ0n) is 28.4. The van der Waals surface area contributed by atoms with E-state index in [1.54, 1.807) is 0 Å². The quantitative estimate of drug-likeness (QED) is 0.158. The van der Waals surface area contributed by atoms with Gasteiger partial charge in [-0.1, -0.05) is 133 Å². The summed E-state index contributed by atoms with van der Waals surface area (Å²) in [5.74, 6) is 0. The van der Waals surface area contributed by atoms with Crippen LogP contribution in [0, 0.1) is 0 Å². The molecule has 246 valence electrons. The zero-order valence-corrected chi connectivity index (χ0v) is 28.4. The van der Waals surface area contributed by atoms with Crippen LogP contribution in [0.15, 0.2) is 211 Å². The summed E-state index contributed by atoms with van der Waals surface area (Å²) in [5, 5.41) is 1.43. The predicted octanol–water partition coefficient (Wildman–Crippen LogP) is 12.6. The van der Waals surface area contributed by atoms with E-state index in [1.807, 2.05) is 60.7 Å². The molecule has 0 saturated carbocycles. The van der Waals surface area contributed by atoms with E-state index in [9.17, 15) is 4.79 Å². The highest BCUT2D eigenvalue weighted by Gasteiger charge is 2.15. The lowest BCUT2D eigenvalue weighted by molar-refractivity contribution is 1.16. The summed E-state index contributed by atoms with van der Waals surface area (Å²) in [7, 11) is 0. The van der Waals surface area contributed by atoms with E-state index in [0.29, 0.717) is 10.8 Å². The summed E-state index contributed by atoms with van der Waals surface area (Å²) in [6.07, 6.45) is 0. The minimum absolute atomic E-state index is 0.0585. The first-order chi connectivity index (χ1) is 25.7. The lowest BCUT2D eigenvalue weighted by atomic mass is 10.0. The minimum atomic E-state index is 0.0585. The first-order valence-corrected chi connectivity index (χ1v) is 17.6. The van der Waals surface area contributed by atoms with Gasteiger partial charge in [-0.2, -0.15) is 0 Å². The highest BCUT2D eigenvalue weighted by molar-refractivity contribution is 5.95. The molecule has 0 radical (unpaired) electrons. The molecule has 8 aromatic carbocycles. The number of para-hydroxylation sites is 2. The van der Waals surface area contributed by atoms with Crippen molar-refractivity contribution in [3.63, 3.8) is 0 Å². The molecule has 9 aromatic rings. The van der Waals surface area contributed by atoms with Gasteiger partial charge in [-0.3, -0.25) is 4.79 Å². The third-order valence-electron chi connectivity index (χ3n) is 9.81. The van der Waals surface area contributed by atoms with Crippen LogP contribution >= 0.6 is 0 Å². The van der Waals surface area contributed by atoms with E-state index in [4.69, 9.17) is 0 Å². The Bertz CT molecular complexity index is 2570. The number of hydrogen-bond acceptors (Lipinski definition) is 2. The molecule has 0 unspecified atom stereocenters. The molecule has 0 fully saturated rings. The fourth-order valence-electron chi connectivity index (χ4n) is 7.22. The molecule has 0 N–H and O–H groups in total. The van der Waals surface area contributed by atoms with Gasteiger partial charge < -0.3 is 9.47 Å².